The number of hydrogen-bond acceptors (Lipinski definition) is 3. The summed E-state index contributed by atoms with van der Waals surface area (Å²) >= 11 is 0. The van der Waals surface area contributed by atoms with E-state index in [1.54, 1.807) is 0 Å². The van der Waals surface area contributed by atoms with Gasteiger partial charge in [0.2, 0.25) is 0 Å². The van der Waals surface area contributed by atoms with Crippen LogP contribution in [0.1, 0.15) is 43.2 Å². The van der Waals surface area contributed by atoms with E-state index in [9.17, 15) is 13.5 Å². The lowest BCUT2D eigenvalue weighted by atomic mass is 9.77. The topological polar surface area (TPSA) is 54.4 Å². The van der Waals surface area contributed by atoms with Crippen LogP contribution >= 0.6 is 0 Å². The van der Waals surface area contributed by atoms with Crippen LogP contribution in [0, 0.1) is 6.92 Å². The Kier molecular flexibility index (Phi) is 3.33. The van der Waals surface area contributed by atoms with Crippen molar-refractivity contribution in [1.29, 1.82) is 0 Å². The van der Waals surface area contributed by atoms with E-state index >= 15 is 0 Å². The predicted molar refractivity (Wildman–Crippen MR) is 92.2 cm³/mol. The first-order valence-electron chi connectivity index (χ1n) is 8.36. The van der Waals surface area contributed by atoms with Crippen LogP contribution in [-0.2, 0) is 15.4 Å². The number of hydrogen-bond donors (Lipinski definition) is 1. The number of aliphatic hydroxyl groups is 1. The second kappa shape index (κ2) is 5.05. The Morgan fingerprint density at radius 2 is 1.70 bits per heavy atom. The summed E-state index contributed by atoms with van der Waals surface area (Å²) in [7, 11) is -3.07. The van der Waals surface area contributed by atoms with E-state index in [1.165, 1.54) is 0 Å². The maximum Gasteiger partial charge on any atom is 0.156 e. The zero-order chi connectivity index (χ0) is 16.2. The molecule has 2 heterocycles. The molecule has 3 nitrogen and oxygen atoms in total. The molecule has 2 bridgehead atoms. The van der Waals surface area contributed by atoms with Crippen molar-refractivity contribution in [3.8, 4) is 0 Å². The molecule has 2 fully saturated rings. The first-order valence-corrected chi connectivity index (χ1v) is 9.97. The van der Waals surface area contributed by atoms with Crippen LogP contribution in [0.5, 0.6) is 0 Å². The number of benzene rings is 2. The minimum absolute atomic E-state index is 0.334. The molecule has 2 atom stereocenters. The third kappa shape index (κ3) is 2.23. The van der Waals surface area contributed by atoms with Gasteiger partial charge in [0.1, 0.15) is 0 Å². The molecule has 2 saturated heterocycles. The molecule has 23 heavy (non-hydrogen) atoms. The molecule has 4 rings (SSSR count). The molecule has 0 aromatic heterocycles. The van der Waals surface area contributed by atoms with Crippen molar-refractivity contribution in [3.63, 3.8) is 0 Å². The molecule has 4 heteroatoms. The summed E-state index contributed by atoms with van der Waals surface area (Å²) in [5.74, 6) is 0. The van der Waals surface area contributed by atoms with E-state index in [1.807, 2.05) is 37.3 Å². The van der Waals surface area contributed by atoms with E-state index < -0.39 is 25.9 Å². The molecule has 2 aliphatic rings. The molecule has 2 aromatic rings. The Morgan fingerprint density at radius 1 is 1.04 bits per heavy atom. The lowest BCUT2D eigenvalue weighted by Gasteiger charge is -2.45. The van der Waals surface area contributed by atoms with Gasteiger partial charge in [-0.05, 0) is 54.5 Å². The third-order valence-corrected chi connectivity index (χ3v) is 8.38. The van der Waals surface area contributed by atoms with Gasteiger partial charge in [0, 0.05) is 0 Å². The molecule has 2 aliphatic heterocycles. The van der Waals surface area contributed by atoms with Crippen molar-refractivity contribution in [1.82, 2.24) is 0 Å². The summed E-state index contributed by atoms with van der Waals surface area (Å²) in [6, 6.07) is 12.2. The highest BCUT2D eigenvalue weighted by Gasteiger charge is 2.51. The minimum atomic E-state index is -3.07. The monoisotopic (exact) mass is 330 g/mol. The molecule has 2 aromatic carbocycles. The lowest BCUT2D eigenvalue weighted by Crippen LogP contribution is -2.50. The van der Waals surface area contributed by atoms with Gasteiger partial charge < -0.3 is 5.11 Å². The van der Waals surface area contributed by atoms with Gasteiger partial charge >= 0.3 is 0 Å². The van der Waals surface area contributed by atoms with Gasteiger partial charge in [-0.1, -0.05) is 42.8 Å². The van der Waals surface area contributed by atoms with Gasteiger partial charge in [-0.25, -0.2) is 8.42 Å². The van der Waals surface area contributed by atoms with Crippen LogP contribution in [-0.4, -0.2) is 24.0 Å². The molecule has 2 unspecified atom stereocenters. The van der Waals surface area contributed by atoms with Crippen LogP contribution in [0.3, 0.4) is 0 Å². The highest BCUT2D eigenvalue weighted by Crippen LogP contribution is 2.48. The van der Waals surface area contributed by atoms with Crippen LogP contribution in [0.15, 0.2) is 36.4 Å². The molecule has 122 valence electrons. The van der Waals surface area contributed by atoms with E-state index in [0.717, 1.165) is 28.3 Å². The maximum atomic E-state index is 12.6. The van der Waals surface area contributed by atoms with Crippen LogP contribution in [0.4, 0.5) is 0 Å². The van der Waals surface area contributed by atoms with Gasteiger partial charge in [-0.2, -0.15) is 0 Å². The van der Waals surface area contributed by atoms with Gasteiger partial charge in [0.05, 0.1) is 16.1 Å². The quantitative estimate of drug-likeness (QED) is 0.871. The Labute approximate surface area is 137 Å². The van der Waals surface area contributed by atoms with Crippen molar-refractivity contribution in [2.75, 3.05) is 0 Å². The number of sulfone groups is 1. The highest BCUT2D eigenvalue weighted by atomic mass is 32.2. The third-order valence-electron chi connectivity index (χ3n) is 5.71. The number of rotatable bonds is 1. The fourth-order valence-corrected chi connectivity index (χ4v) is 7.20. The number of aryl methyl sites for hydroxylation is 1. The molecule has 0 saturated carbocycles. The summed E-state index contributed by atoms with van der Waals surface area (Å²) in [5, 5.41) is 12.9. The average Bonchev–Trinajstić information content (AvgIpc) is 2.49. The van der Waals surface area contributed by atoms with Crippen molar-refractivity contribution < 1.29 is 13.5 Å². The molecule has 0 amide bonds. The van der Waals surface area contributed by atoms with Crippen LogP contribution in [0.25, 0.3) is 10.8 Å². The van der Waals surface area contributed by atoms with Gasteiger partial charge in [-0.3, -0.25) is 0 Å². The Hall–Kier alpha value is -1.39. The summed E-state index contributed by atoms with van der Waals surface area (Å²) in [4.78, 5) is 0. The van der Waals surface area contributed by atoms with Crippen LogP contribution < -0.4 is 0 Å². The minimum Gasteiger partial charge on any atom is -0.385 e. The smallest absolute Gasteiger partial charge is 0.156 e. The van der Waals surface area contributed by atoms with Gasteiger partial charge in [-0.15, -0.1) is 0 Å². The van der Waals surface area contributed by atoms with E-state index in [-0.39, 0.29) is 0 Å². The molecule has 0 spiro atoms. The van der Waals surface area contributed by atoms with Gasteiger partial charge in [0.25, 0.3) is 0 Å². The number of fused-ring (bicyclic) bond motifs is 3. The maximum absolute atomic E-state index is 12.6. The standard InChI is InChI=1S/C19H22O3S/c1-13-9-10-14-5-2-3-8-17(14)18(13)19(20)11-15-6-4-7-16(12-19)23(15,21)22/h2-3,5,8-10,15-16,20H,4,6-7,11-12H2,1H3. The average molecular weight is 330 g/mol. The molecule has 0 aliphatic carbocycles. The Balaban J connectivity index is 1.90. The first-order chi connectivity index (χ1) is 10.9. The molecular weight excluding hydrogens is 308 g/mol. The van der Waals surface area contributed by atoms with Crippen molar-refractivity contribution in [2.24, 2.45) is 0 Å². The van der Waals surface area contributed by atoms with E-state index in [4.69, 9.17) is 0 Å². The zero-order valence-electron chi connectivity index (χ0n) is 13.3. The fraction of sp³-hybridized carbons (Fsp3) is 0.474. The van der Waals surface area contributed by atoms with Crippen molar-refractivity contribution in [2.45, 2.75) is 55.1 Å². The SMILES string of the molecule is Cc1ccc2ccccc2c1C1(O)CC2CCCC(C1)S2(=O)=O. The normalized spacial score (nSPS) is 32.8. The summed E-state index contributed by atoms with van der Waals surface area (Å²) in [6.45, 7) is 2.01. The zero-order valence-corrected chi connectivity index (χ0v) is 14.1. The van der Waals surface area contributed by atoms with Crippen LogP contribution in [0.2, 0.25) is 0 Å². The van der Waals surface area contributed by atoms with E-state index in [2.05, 4.69) is 6.07 Å². The molecular formula is C19H22O3S. The van der Waals surface area contributed by atoms with Crippen molar-refractivity contribution >= 4 is 20.6 Å². The summed E-state index contributed by atoms with van der Waals surface area (Å²) < 4.78 is 25.1. The second-order valence-electron chi connectivity index (χ2n) is 7.18. The molecule has 1 N–H and O–H groups in total. The highest BCUT2D eigenvalue weighted by molar-refractivity contribution is 7.92. The largest absolute Gasteiger partial charge is 0.385 e. The Bertz CT molecular complexity index is 849. The first kappa shape index (κ1) is 15.2. The summed E-state index contributed by atoms with van der Waals surface area (Å²) in [5.41, 5.74) is 0.942. The van der Waals surface area contributed by atoms with E-state index in [0.29, 0.717) is 25.7 Å². The summed E-state index contributed by atoms with van der Waals surface area (Å²) in [6.07, 6.45) is 3.00. The van der Waals surface area contributed by atoms with Gasteiger partial charge in [0.15, 0.2) is 9.84 Å². The lowest BCUT2D eigenvalue weighted by molar-refractivity contribution is 0.00586. The second-order valence-corrected chi connectivity index (χ2v) is 9.69. The predicted octanol–water partition coefficient (Wildman–Crippen LogP) is 3.47. The Morgan fingerprint density at radius 3 is 2.39 bits per heavy atom. The molecule has 0 radical (unpaired) electrons. The fourth-order valence-electron chi connectivity index (χ4n) is 4.65. The van der Waals surface area contributed by atoms with Crippen molar-refractivity contribution in [3.05, 3.63) is 47.5 Å².